The minimum Gasteiger partial charge on any atom is -0.489 e. The third-order valence-corrected chi connectivity index (χ3v) is 2.24. The molecule has 0 saturated carbocycles. The molecule has 0 bridgehead atoms. The lowest BCUT2D eigenvalue weighted by Gasteiger charge is -2.11. The van der Waals surface area contributed by atoms with Gasteiger partial charge in [-0.1, -0.05) is 11.6 Å². The molecule has 1 aromatic rings. The Morgan fingerprint density at radius 1 is 1.46 bits per heavy atom. The van der Waals surface area contributed by atoms with Gasteiger partial charge in [0.15, 0.2) is 0 Å². The van der Waals surface area contributed by atoms with Crippen LogP contribution in [0.25, 0.3) is 0 Å². The first-order valence-electron chi connectivity index (χ1n) is 3.82. The highest BCUT2D eigenvalue weighted by Gasteiger charge is 2.08. The summed E-state index contributed by atoms with van der Waals surface area (Å²) < 4.78 is 18.6. The lowest BCUT2D eigenvalue weighted by molar-refractivity contribution is 0.242. The van der Waals surface area contributed by atoms with E-state index >= 15 is 0 Å². The molecule has 0 aliphatic heterocycles. The summed E-state index contributed by atoms with van der Waals surface area (Å²) in [6.45, 7) is 3.77. The summed E-state index contributed by atoms with van der Waals surface area (Å²) in [5.41, 5.74) is 0. The molecule has 0 fully saturated rings. The van der Waals surface area contributed by atoms with Crippen molar-refractivity contribution in [3.63, 3.8) is 0 Å². The summed E-state index contributed by atoms with van der Waals surface area (Å²) in [6, 6.07) is 2.75. The summed E-state index contributed by atoms with van der Waals surface area (Å²) >= 11 is 8.82. The molecule has 0 atom stereocenters. The Labute approximate surface area is 90.0 Å². The number of benzene rings is 1. The first kappa shape index (κ1) is 10.8. The van der Waals surface area contributed by atoms with Gasteiger partial charge in [0.1, 0.15) is 11.6 Å². The zero-order valence-corrected chi connectivity index (χ0v) is 9.62. The van der Waals surface area contributed by atoms with Crippen molar-refractivity contribution in [2.75, 3.05) is 0 Å². The van der Waals surface area contributed by atoms with Crippen molar-refractivity contribution in [2.45, 2.75) is 20.0 Å². The van der Waals surface area contributed by atoms with Crippen LogP contribution in [0.2, 0.25) is 5.02 Å². The molecule has 13 heavy (non-hydrogen) atoms. The Hall–Kier alpha value is -0.280. The van der Waals surface area contributed by atoms with Gasteiger partial charge in [-0.05, 0) is 41.9 Å². The largest absolute Gasteiger partial charge is 0.489 e. The molecule has 1 aromatic carbocycles. The van der Waals surface area contributed by atoms with E-state index < -0.39 is 0 Å². The maximum Gasteiger partial charge on any atom is 0.139 e. The predicted octanol–water partition coefficient (Wildman–Crippen LogP) is 4.03. The van der Waals surface area contributed by atoms with Crippen LogP contribution < -0.4 is 4.74 Å². The van der Waals surface area contributed by atoms with Crippen molar-refractivity contribution in [1.29, 1.82) is 0 Å². The van der Waals surface area contributed by atoms with Crippen LogP contribution in [0.3, 0.4) is 0 Å². The van der Waals surface area contributed by atoms with Gasteiger partial charge in [-0.25, -0.2) is 4.39 Å². The smallest absolute Gasteiger partial charge is 0.139 e. The van der Waals surface area contributed by atoms with Crippen molar-refractivity contribution in [3.05, 3.63) is 27.4 Å². The Morgan fingerprint density at radius 2 is 2.08 bits per heavy atom. The fraction of sp³-hybridized carbons (Fsp3) is 0.333. The number of hydrogen-bond donors (Lipinski definition) is 0. The summed E-state index contributed by atoms with van der Waals surface area (Å²) in [6.07, 6.45) is 0.0230. The summed E-state index contributed by atoms with van der Waals surface area (Å²) in [7, 11) is 0. The monoisotopic (exact) mass is 266 g/mol. The molecule has 4 heteroatoms. The average Bonchev–Trinajstić information content (AvgIpc) is 1.99. The molecule has 0 amide bonds. The van der Waals surface area contributed by atoms with Gasteiger partial charge in [0.25, 0.3) is 0 Å². The fourth-order valence-electron chi connectivity index (χ4n) is 0.849. The Morgan fingerprint density at radius 3 is 2.62 bits per heavy atom. The van der Waals surface area contributed by atoms with E-state index in [0.717, 1.165) is 0 Å². The van der Waals surface area contributed by atoms with Crippen molar-refractivity contribution < 1.29 is 9.13 Å². The van der Waals surface area contributed by atoms with Crippen molar-refractivity contribution in [2.24, 2.45) is 0 Å². The van der Waals surface area contributed by atoms with Crippen LogP contribution in [0.15, 0.2) is 16.6 Å². The highest BCUT2D eigenvalue weighted by molar-refractivity contribution is 9.10. The Kier molecular flexibility index (Phi) is 3.56. The van der Waals surface area contributed by atoms with E-state index in [1.165, 1.54) is 12.1 Å². The number of rotatable bonds is 2. The molecule has 0 N–H and O–H groups in total. The van der Waals surface area contributed by atoms with Crippen molar-refractivity contribution in [1.82, 2.24) is 0 Å². The van der Waals surface area contributed by atoms with Gasteiger partial charge in [-0.3, -0.25) is 0 Å². The topological polar surface area (TPSA) is 9.23 Å². The fourth-order valence-corrected chi connectivity index (χ4v) is 1.37. The van der Waals surface area contributed by atoms with Crippen LogP contribution in [0.4, 0.5) is 4.39 Å². The second-order valence-electron chi connectivity index (χ2n) is 2.86. The molecule has 0 aromatic heterocycles. The maximum atomic E-state index is 12.9. The highest BCUT2D eigenvalue weighted by Crippen LogP contribution is 2.30. The Bertz CT molecular complexity index is 315. The van der Waals surface area contributed by atoms with Crippen LogP contribution in [0.1, 0.15) is 13.8 Å². The lowest BCUT2D eigenvalue weighted by Crippen LogP contribution is -2.06. The SMILES string of the molecule is CC(C)Oc1cc(Br)c(F)cc1Cl. The zero-order chi connectivity index (χ0) is 10.0. The van der Waals surface area contributed by atoms with Gasteiger partial charge in [-0.2, -0.15) is 0 Å². The molecule has 1 nitrogen and oxygen atoms in total. The van der Waals surface area contributed by atoms with Gasteiger partial charge >= 0.3 is 0 Å². The quantitative estimate of drug-likeness (QED) is 0.735. The van der Waals surface area contributed by atoms with E-state index in [-0.39, 0.29) is 16.9 Å². The van der Waals surface area contributed by atoms with Crippen LogP contribution in [-0.2, 0) is 0 Å². The van der Waals surface area contributed by atoms with E-state index in [0.29, 0.717) is 10.2 Å². The first-order chi connectivity index (χ1) is 6.00. The van der Waals surface area contributed by atoms with Crippen LogP contribution in [0, 0.1) is 5.82 Å². The van der Waals surface area contributed by atoms with Crippen LogP contribution in [-0.4, -0.2) is 6.10 Å². The van der Waals surface area contributed by atoms with Crippen molar-refractivity contribution >= 4 is 27.5 Å². The van der Waals surface area contributed by atoms with Crippen molar-refractivity contribution in [3.8, 4) is 5.75 Å². The summed E-state index contributed by atoms with van der Waals surface area (Å²) in [5, 5.41) is 0.286. The number of ether oxygens (including phenoxy) is 1. The van der Waals surface area contributed by atoms with Gasteiger partial charge in [0.2, 0.25) is 0 Å². The Balaban J connectivity index is 3.01. The standard InChI is InChI=1S/C9H9BrClFO/c1-5(2)13-9-3-6(10)8(12)4-7(9)11/h3-5H,1-2H3. The normalized spacial score (nSPS) is 10.6. The molecule has 0 aliphatic rings. The number of halogens is 3. The minimum absolute atomic E-state index is 0.0230. The molecule has 72 valence electrons. The minimum atomic E-state index is -0.388. The van der Waals surface area contributed by atoms with E-state index in [2.05, 4.69) is 15.9 Å². The maximum absolute atomic E-state index is 12.9. The summed E-state index contributed by atoms with van der Waals surface area (Å²) in [4.78, 5) is 0. The van der Waals surface area contributed by atoms with E-state index in [1.54, 1.807) is 0 Å². The van der Waals surface area contributed by atoms with Crippen LogP contribution >= 0.6 is 27.5 Å². The predicted molar refractivity (Wildman–Crippen MR) is 54.9 cm³/mol. The van der Waals surface area contributed by atoms with Gasteiger partial charge in [0.05, 0.1) is 15.6 Å². The second-order valence-corrected chi connectivity index (χ2v) is 4.12. The molecule has 1 rings (SSSR count). The molecule has 0 radical (unpaired) electrons. The molecule has 0 heterocycles. The zero-order valence-electron chi connectivity index (χ0n) is 7.27. The third-order valence-electron chi connectivity index (χ3n) is 1.34. The molecular formula is C9H9BrClFO. The van der Waals surface area contributed by atoms with Gasteiger partial charge in [0, 0.05) is 0 Å². The molecular weight excluding hydrogens is 258 g/mol. The third kappa shape index (κ3) is 2.85. The molecule has 0 spiro atoms. The first-order valence-corrected chi connectivity index (χ1v) is 4.99. The molecule has 0 unspecified atom stereocenters. The van der Waals surface area contributed by atoms with E-state index in [1.807, 2.05) is 13.8 Å². The van der Waals surface area contributed by atoms with Gasteiger partial charge < -0.3 is 4.74 Å². The second kappa shape index (κ2) is 4.29. The van der Waals surface area contributed by atoms with E-state index in [9.17, 15) is 4.39 Å². The molecule has 0 saturated heterocycles. The van der Waals surface area contributed by atoms with Gasteiger partial charge in [-0.15, -0.1) is 0 Å². The molecule has 0 aliphatic carbocycles. The lowest BCUT2D eigenvalue weighted by atomic mass is 10.3. The number of hydrogen-bond acceptors (Lipinski definition) is 1. The van der Waals surface area contributed by atoms with E-state index in [4.69, 9.17) is 16.3 Å². The van der Waals surface area contributed by atoms with Crippen LogP contribution in [0.5, 0.6) is 5.75 Å². The summed E-state index contributed by atoms with van der Waals surface area (Å²) in [5.74, 6) is 0.103. The highest BCUT2D eigenvalue weighted by atomic mass is 79.9. The average molecular weight is 268 g/mol.